The van der Waals surface area contributed by atoms with Crippen LogP contribution in [0.2, 0.25) is 0 Å². The Balaban J connectivity index is 1.70. The Bertz CT molecular complexity index is 741. The van der Waals surface area contributed by atoms with E-state index in [1.54, 1.807) is 32.6 Å². The van der Waals surface area contributed by atoms with Crippen LogP contribution in [0.3, 0.4) is 0 Å². The monoisotopic (exact) mass is 342 g/mol. The van der Waals surface area contributed by atoms with E-state index < -0.39 is 5.60 Å². The molecule has 2 aromatic heterocycles. The maximum atomic E-state index is 12.6. The van der Waals surface area contributed by atoms with Gasteiger partial charge in [-0.3, -0.25) is 9.78 Å². The van der Waals surface area contributed by atoms with Crippen LogP contribution in [-0.4, -0.2) is 68.1 Å². The number of nitrogens with zero attached hydrogens (tertiary/aromatic N) is 6. The number of β-amino-alcohol motifs (C(OH)–C–C–N with tert-alkyl or cyclic N) is 1. The molecule has 0 spiro atoms. The Morgan fingerprint density at radius 1 is 1.32 bits per heavy atom. The van der Waals surface area contributed by atoms with Gasteiger partial charge in [0.15, 0.2) is 0 Å². The summed E-state index contributed by atoms with van der Waals surface area (Å²) in [7, 11) is 1.69. The first-order valence-electron chi connectivity index (χ1n) is 8.24. The molecule has 25 heavy (non-hydrogen) atoms. The summed E-state index contributed by atoms with van der Waals surface area (Å²) in [5, 5.41) is 11.0. The largest absolute Gasteiger partial charge is 0.386 e. The second-order valence-corrected chi connectivity index (χ2v) is 6.50. The van der Waals surface area contributed by atoms with Crippen LogP contribution in [0, 0.1) is 6.92 Å². The van der Waals surface area contributed by atoms with Gasteiger partial charge in [-0.15, -0.1) is 0 Å². The first-order chi connectivity index (χ1) is 12.0. The van der Waals surface area contributed by atoms with Crippen molar-refractivity contribution in [2.75, 3.05) is 31.6 Å². The number of amides is 1. The molecule has 8 heteroatoms. The number of carbonyl (C=O) groups is 1. The van der Waals surface area contributed by atoms with E-state index in [0.717, 1.165) is 18.8 Å². The zero-order valence-electron chi connectivity index (χ0n) is 14.5. The summed E-state index contributed by atoms with van der Waals surface area (Å²) in [4.78, 5) is 32.5. The SMILES string of the molecule is Cc1ncncc1C(=O)N(C)C[C@]1(O)CCCN(c2cnccn2)C1. The lowest BCUT2D eigenvalue weighted by atomic mass is 9.92. The number of hydrogen-bond acceptors (Lipinski definition) is 7. The van der Waals surface area contributed by atoms with Gasteiger partial charge in [0.05, 0.1) is 29.6 Å². The molecule has 0 radical (unpaired) electrons. The molecule has 1 aliphatic rings. The molecule has 0 aliphatic carbocycles. The third-order valence-corrected chi connectivity index (χ3v) is 4.45. The van der Waals surface area contributed by atoms with Gasteiger partial charge in [0.25, 0.3) is 5.91 Å². The third-order valence-electron chi connectivity index (χ3n) is 4.45. The second-order valence-electron chi connectivity index (χ2n) is 6.50. The highest BCUT2D eigenvalue weighted by Crippen LogP contribution is 2.25. The zero-order chi connectivity index (χ0) is 17.9. The van der Waals surface area contributed by atoms with Crippen LogP contribution in [0.15, 0.2) is 31.1 Å². The van der Waals surface area contributed by atoms with Crippen molar-refractivity contribution < 1.29 is 9.90 Å². The Kier molecular flexibility index (Phi) is 4.89. The Morgan fingerprint density at radius 3 is 2.88 bits per heavy atom. The van der Waals surface area contributed by atoms with Gasteiger partial charge in [-0.1, -0.05) is 0 Å². The fourth-order valence-electron chi connectivity index (χ4n) is 3.21. The van der Waals surface area contributed by atoms with Crippen LogP contribution in [0.1, 0.15) is 28.9 Å². The molecule has 0 aromatic carbocycles. The molecule has 1 saturated heterocycles. The molecule has 8 nitrogen and oxygen atoms in total. The minimum absolute atomic E-state index is 0.192. The molecular weight excluding hydrogens is 320 g/mol. The van der Waals surface area contributed by atoms with Crippen LogP contribution in [-0.2, 0) is 0 Å². The van der Waals surface area contributed by atoms with E-state index in [0.29, 0.717) is 24.2 Å². The highest BCUT2D eigenvalue weighted by atomic mass is 16.3. The lowest BCUT2D eigenvalue weighted by molar-refractivity contribution is -0.000194. The van der Waals surface area contributed by atoms with Gasteiger partial charge in [-0.25, -0.2) is 15.0 Å². The molecule has 1 N–H and O–H groups in total. The molecule has 0 unspecified atom stereocenters. The van der Waals surface area contributed by atoms with Gasteiger partial charge in [0, 0.05) is 38.7 Å². The summed E-state index contributed by atoms with van der Waals surface area (Å²) in [6.45, 7) is 3.22. The predicted octanol–water partition coefficient (Wildman–Crippen LogP) is 0.679. The fraction of sp³-hybridized carbons (Fsp3) is 0.471. The van der Waals surface area contributed by atoms with E-state index in [1.807, 2.05) is 4.90 Å². The summed E-state index contributed by atoms with van der Waals surface area (Å²) in [6, 6.07) is 0. The molecule has 3 heterocycles. The summed E-state index contributed by atoms with van der Waals surface area (Å²) >= 11 is 0. The zero-order valence-corrected chi connectivity index (χ0v) is 14.5. The average Bonchev–Trinajstić information content (AvgIpc) is 2.62. The molecule has 0 bridgehead atoms. The topological polar surface area (TPSA) is 95.3 Å². The number of rotatable bonds is 4. The summed E-state index contributed by atoms with van der Waals surface area (Å²) in [6.07, 6.45) is 9.32. The quantitative estimate of drug-likeness (QED) is 0.873. The van der Waals surface area contributed by atoms with Crippen molar-refractivity contribution in [1.82, 2.24) is 24.8 Å². The van der Waals surface area contributed by atoms with Crippen molar-refractivity contribution in [1.29, 1.82) is 0 Å². The predicted molar refractivity (Wildman–Crippen MR) is 92.2 cm³/mol. The number of likely N-dealkylation sites (N-methyl/N-ethyl adjacent to an activating group) is 1. The van der Waals surface area contributed by atoms with E-state index >= 15 is 0 Å². The van der Waals surface area contributed by atoms with E-state index in [1.165, 1.54) is 17.4 Å². The van der Waals surface area contributed by atoms with Crippen LogP contribution in [0.5, 0.6) is 0 Å². The summed E-state index contributed by atoms with van der Waals surface area (Å²) in [5.74, 6) is 0.546. The molecule has 2 aromatic rings. The minimum Gasteiger partial charge on any atom is -0.386 e. The average molecular weight is 342 g/mol. The van der Waals surface area contributed by atoms with Gasteiger partial charge in [0.1, 0.15) is 12.1 Å². The number of aromatic nitrogens is 4. The van der Waals surface area contributed by atoms with Crippen molar-refractivity contribution in [3.8, 4) is 0 Å². The van der Waals surface area contributed by atoms with Gasteiger partial charge in [-0.2, -0.15) is 0 Å². The van der Waals surface area contributed by atoms with E-state index in [4.69, 9.17) is 0 Å². The van der Waals surface area contributed by atoms with Gasteiger partial charge < -0.3 is 14.9 Å². The van der Waals surface area contributed by atoms with E-state index in [2.05, 4.69) is 19.9 Å². The molecule has 1 fully saturated rings. The number of aliphatic hydroxyl groups is 1. The lowest BCUT2D eigenvalue weighted by Crippen LogP contribution is -2.55. The first-order valence-corrected chi connectivity index (χ1v) is 8.24. The first kappa shape index (κ1) is 17.2. The Hall–Kier alpha value is -2.61. The van der Waals surface area contributed by atoms with E-state index in [-0.39, 0.29) is 12.5 Å². The van der Waals surface area contributed by atoms with Crippen molar-refractivity contribution >= 4 is 11.7 Å². The number of piperidine rings is 1. The molecule has 0 saturated carbocycles. The van der Waals surface area contributed by atoms with Crippen LogP contribution in [0.4, 0.5) is 5.82 Å². The Morgan fingerprint density at radius 2 is 2.16 bits per heavy atom. The van der Waals surface area contributed by atoms with Gasteiger partial charge in [0.2, 0.25) is 0 Å². The second kappa shape index (κ2) is 7.10. The standard InChI is InChI=1S/C17H22N6O2/c1-13-14(8-19-12-21-13)16(24)22(2)10-17(25)4-3-7-23(11-17)15-9-18-5-6-20-15/h5-6,8-9,12,25H,3-4,7,10-11H2,1-2H3/t17-/m1/s1. The third kappa shape index (κ3) is 3.90. The normalized spacial score (nSPS) is 20.4. The number of carbonyl (C=O) groups excluding carboxylic acids is 1. The Labute approximate surface area is 146 Å². The summed E-state index contributed by atoms with van der Waals surface area (Å²) < 4.78 is 0. The summed E-state index contributed by atoms with van der Waals surface area (Å²) in [5.41, 5.74) is 0.0860. The highest BCUT2D eigenvalue weighted by Gasteiger charge is 2.36. The lowest BCUT2D eigenvalue weighted by Gasteiger charge is -2.41. The van der Waals surface area contributed by atoms with Gasteiger partial charge >= 0.3 is 0 Å². The van der Waals surface area contributed by atoms with Crippen molar-refractivity contribution in [3.63, 3.8) is 0 Å². The molecule has 132 valence electrons. The van der Waals surface area contributed by atoms with Crippen molar-refractivity contribution in [2.45, 2.75) is 25.4 Å². The maximum absolute atomic E-state index is 12.6. The molecule has 3 rings (SSSR count). The minimum atomic E-state index is -0.996. The number of anilines is 1. The number of hydrogen-bond donors (Lipinski definition) is 1. The highest BCUT2D eigenvalue weighted by molar-refractivity contribution is 5.94. The smallest absolute Gasteiger partial charge is 0.257 e. The molecule has 1 aliphatic heterocycles. The van der Waals surface area contributed by atoms with Crippen molar-refractivity contribution in [2.24, 2.45) is 0 Å². The molecule has 1 atom stereocenters. The van der Waals surface area contributed by atoms with Crippen LogP contribution in [0.25, 0.3) is 0 Å². The van der Waals surface area contributed by atoms with Crippen LogP contribution < -0.4 is 4.90 Å². The van der Waals surface area contributed by atoms with Gasteiger partial charge in [-0.05, 0) is 19.8 Å². The fourth-order valence-corrected chi connectivity index (χ4v) is 3.21. The maximum Gasteiger partial charge on any atom is 0.257 e. The van der Waals surface area contributed by atoms with Crippen molar-refractivity contribution in [3.05, 3.63) is 42.4 Å². The van der Waals surface area contributed by atoms with Crippen LogP contribution >= 0.6 is 0 Å². The van der Waals surface area contributed by atoms with E-state index in [9.17, 15) is 9.90 Å². The molecule has 1 amide bonds. The molecular formula is C17H22N6O2. The number of aryl methyl sites for hydroxylation is 1.